The number of anilines is 2. The molecular weight excluding hydrogens is 398 g/mol. The van der Waals surface area contributed by atoms with Crippen molar-refractivity contribution in [1.82, 2.24) is 18.7 Å². The number of hydrogen-bond donors (Lipinski definition) is 0. The number of benzene rings is 1. The summed E-state index contributed by atoms with van der Waals surface area (Å²) in [5.41, 5.74) is 1.42. The fourth-order valence-corrected chi connectivity index (χ4v) is 3.82. The normalized spacial score (nSPS) is 14.0. The standard InChI is InChI=1S/C18H20BrN5O2/c1-3-9-24-16(25)14-15(21(2)18(24)26)20-17-22(10-4-11-23(14)17)13-7-5-12(19)6-8-13/h5-8H,3-4,9-11H2,1-2H3. The molecule has 0 saturated heterocycles. The molecule has 0 atom stereocenters. The van der Waals surface area contributed by atoms with Gasteiger partial charge in [-0.1, -0.05) is 22.9 Å². The van der Waals surface area contributed by atoms with E-state index in [4.69, 9.17) is 0 Å². The molecule has 136 valence electrons. The van der Waals surface area contributed by atoms with Crippen molar-refractivity contribution in [1.29, 1.82) is 0 Å². The molecule has 3 heterocycles. The molecule has 7 nitrogen and oxygen atoms in total. The first-order chi connectivity index (χ1) is 12.5. The molecule has 1 aromatic carbocycles. The minimum absolute atomic E-state index is 0.249. The van der Waals surface area contributed by atoms with Crippen LogP contribution in [-0.4, -0.2) is 25.2 Å². The molecule has 0 radical (unpaired) electrons. The molecule has 0 fully saturated rings. The highest BCUT2D eigenvalue weighted by Gasteiger charge is 2.26. The Morgan fingerprint density at radius 2 is 1.88 bits per heavy atom. The van der Waals surface area contributed by atoms with Gasteiger partial charge < -0.3 is 9.47 Å². The van der Waals surface area contributed by atoms with E-state index in [1.165, 1.54) is 9.13 Å². The minimum Gasteiger partial charge on any atom is -0.312 e. The molecule has 1 aliphatic rings. The smallest absolute Gasteiger partial charge is 0.312 e. The molecule has 2 aromatic heterocycles. The second-order valence-electron chi connectivity index (χ2n) is 6.52. The molecule has 0 bridgehead atoms. The van der Waals surface area contributed by atoms with Crippen LogP contribution < -0.4 is 16.1 Å². The summed E-state index contributed by atoms with van der Waals surface area (Å²) in [7, 11) is 1.68. The van der Waals surface area contributed by atoms with Crippen LogP contribution in [0.25, 0.3) is 11.2 Å². The first-order valence-electron chi connectivity index (χ1n) is 8.76. The van der Waals surface area contributed by atoms with Gasteiger partial charge in [-0.2, -0.15) is 4.98 Å². The van der Waals surface area contributed by atoms with Gasteiger partial charge in [0, 0.05) is 36.8 Å². The maximum Gasteiger partial charge on any atom is 0.332 e. The molecule has 0 saturated carbocycles. The van der Waals surface area contributed by atoms with Gasteiger partial charge in [-0.15, -0.1) is 0 Å². The predicted octanol–water partition coefficient (Wildman–Crippen LogP) is 2.61. The number of nitrogens with zero attached hydrogens (tertiary/aromatic N) is 5. The summed E-state index contributed by atoms with van der Waals surface area (Å²) in [6, 6.07) is 8.02. The molecule has 4 rings (SSSR count). The zero-order valence-electron chi connectivity index (χ0n) is 14.8. The summed E-state index contributed by atoms with van der Waals surface area (Å²) in [5, 5.41) is 0. The zero-order chi connectivity index (χ0) is 18.4. The predicted molar refractivity (Wildman–Crippen MR) is 105 cm³/mol. The van der Waals surface area contributed by atoms with Gasteiger partial charge in [0.2, 0.25) is 5.95 Å². The van der Waals surface area contributed by atoms with Gasteiger partial charge in [-0.25, -0.2) is 4.79 Å². The van der Waals surface area contributed by atoms with E-state index in [1.54, 1.807) is 7.05 Å². The molecule has 0 aliphatic carbocycles. The summed E-state index contributed by atoms with van der Waals surface area (Å²) in [6.45, 7) is 3.91. The van der Waals surface area contributed by atoms with Crippen molar-refractivity contribution in [3.05, 3.63) is 49.6 Å². The second-order valence-corrected chi connectivity index (χ2v) is 7.43. The number of imidazole rings is 1. The van der Waals surface area contributed by atoms with Gasteiger partial charge >= 0.3 is 5.69 Å². The third-order valence-electron chi connectivity index (χ3n) is 4.80. The van der Waals surface area contributed by atoms with Crippen LogP contribution in [0, 0.1) is 0 Å². The molecule has 0 spiro atoms. The van der Waals surface area contributed by atoms with E-state index in [0.29, 0.717) is 17.7 Å². The van der Waals surface area contributed by atoms with Gasteiger partial charge in [0.25, 0.3) is 5.56 Å². The number of halogens is 1. The van der Waals surface area contributed by atoms with Gasteiger partial charge in [0.1, 0.15) is 0 Å². The van der Waals surface area contributed by atoms with Crippen LogP contribution in [0.4, 0.5) is 11.6 Å². The van der Waals surface area contributed by atoms with E-state index in [1.807, 2.05) is 35.8 Å². The van der Waals surface area contributed by atoms with E-state index in [-0.39, 0.29) is 11.2 Å². The van der Waals surface area contributed by atoms with Gasteiger partial charge in [-0.3, -0.25) is 13.9 Å². The Morgan fingerprint density at radius 1 is 1.15 bits per heavy atom. The topological polar surface area (TPSA) is 65.1 Å². The van der Waals surface area contributed by atoms with Crippen LogP contribution in [0.2, 0.25) is 0 Å². The Kier molecular flexibility index (Phi) is 4.22. The first-order valence-corrected chi connectivity index (χ1v) is 9.55. The van der Waals surface area contributed by atoms with Crippen molar-refractivity contribution >= 4 is 38.7 Å². The fourth-order valence-electron chi connectivity index (χ4n) is 3.55. The summed E-state index contributed by atoms with van der Waals surface area (Å²) >= 11 is 3.46. The Hall–Kier alpha value is -2.35. The van der Waals surface area contributed by atoms with Crippen molar-refractivity contribution in [3.8, 4) is 0 Å². The van der Waals surface area contributed by atoms with Gasteiger partial charge in [-0.05, 0) is 37.1 Å². The molecular formula is C18H20BrN5O2. The van der Waals surface area contributed by atoms with Crippen LogP contribution in [0.5, 0.6) is 0 Å². The van der Waals surface area contributed by atoms with Gasteiger partial charge in [0.05, 0.1) is 0 Å². The zero-order valence-corrected chi connectivity index (χ0v) is 16.4. The maximum absolute atomic E-state index is 13.0. The Balaban J connectivity index is 1.98. The van der Waals surface area contributed by atoms with E-state index in [9.17, 15) is 9.59 Å². The van der Waals surface area contributed by atoms with E-state index < -0.39 is 0 Å². The number of aryl methyl sites for hydroxylation is 2. The lowest BCUT2D eigenvalue weighted by Crippen LogP contribution is -2.39. The molecule has 8 heteroatoms. The van der Waals surface area contributed by atoms with E-state index in [2.05, 4.69) is 25.8 Å². The van der Waals surface area contributed by atoms with Crippen molar-refractivity contribution in [2.75, 3.05) is 11.4 Å². The maximum atomic E-state index is 13.0. The Labute approximate surface area is 158 Å². The summed E-state index contributed by atoms with van der Waals surface area (Å²) in [6.07, 6.45) is 1.64. The van der Waals surface area contributed by atoms with Crippen molar-refractivity contribution in [3.63, 3.8) is 0 Å². The quantitative estimate of drug-likeness (QED) is 0.656. The van der Waals surface area contributed by atoms with Crippen LogP contribution >= 0.6 is 15.9 Å². The molecule has 26 heavy (non-hydrogen) atoms. The number of rotatable bonds is 3. The lowest BCUT2D eigenvalue weighted by molar-refractivity contribution is 0.579. The molecule has 1 aliphatic heterocycles. The third kappa shape index (κ3) is 2.51. The largest absolute Gasteiger partial charge is 0.332 e. The lowest BCUT2D eigenvalue weighted by Gasteiger charge is -2.29. The summed E-state index contributed by atoms with van der Waals surface area (Å²) < 4.78 is 5.76. The van der Waals surface area contributed by atoms with Crippen molar-refractivity contribution in [2.45, 2.75) is 32.9 Å². The highest BCUT2D eigenvalue weighted by atomic mass is 79.9. The molecule has 0 unspecified atom stereocenters. The summed E-state index contributed by atoms with van der Waals surface area (Å²) in [5.74, 6) is 0.718. The van der Waals surface area contributed by atoms with Crippen LogP contribution in [-0.2, 0) is 20.1 Å². The summed E-state index contributed by atoms with van der Waals surface area (Å²) in [4.78, 5) is 32.3. The fraction of sp³-hybridized carbons (Fsp3) is 0.389. The Bertz CT molecular complexity index is 1090. The molecule has 3 aromatic rings. The van der Waals surface area contributed by atoms with E-state index in [0.717, 1.165) is 42.0 Å². The van der Waals surface area contributed by atoms with Crippen LogP contribution in [0.3, 0.4) is 0 Å². The van der Waals surface area contributed by atoms with Crippen LogP contribution in [0.1, 0.15) is 19.8 Å². The van der Waals surface area contributed by atoms with Crippen molar-refractivity contribution in [2.24, 2.45) is 7.05 Å². The SMILES string of the molecule is CCCn1c(=O)c2c(nc3n2CCCN3c2ccc(Br)cc2)n(C)c1=O. The minimum atomic E-state index is -0.310. The van der Waals surface area contributed by atoms with E-state index >= 15 is 0 Å². The highest BCUT2D eigenvalue weighted by Crippen LogP contribution is 2.31. The second kappa shape index (κ2) is 6.42. The number of hydrogen-bond acceptors (Lipinski definition) is 4. The molecule has 0 N–H and O–H groups in total. The molecule has 0 amide bonds. The average molecular weight is 418 g/mol. The Morgan fingerprint density at radius 3 is 2.58 bits per heavy atom. The average Bonchev–Trinajstić information content (AvgIpc) is 3.04. The first kappa shape index (κ1) is 17.1. The monoisotopic (exact) mass is 417 g/mol. The lowest BCUT2D eigenvalue weighted by atomic mass is 10.2. The number of aromatic nitrogens is 4. The van der Waals surface area contributed by atoms with Gasteiger partial charge in [0.15, 0.2) is 11.2 Å². The highest BCUT2D eigenvalue weighted by molar-refractivity contribution is 9.10. The van der Waals surface area contributed by atoms with Crippen molar-refractivity contribution < 1.29 is 0 Å². The number of fused-ring (bicyclic) bond motifs is 3. The van der Waals surface area contributed by atoms with Crippen LogP contribution in [0.15, 0.2) is 38.3 Å². The third-order valence-corrected chi connectivity index (χ3v) is 5.33.